The van der Waals surface area contributed by atoms with Crippen LogP contribution in [0.2, 0.25) is 0 Å². The van der Waals surface area contributed by atoms with E-state index >= 15 is 0 Å². The molecule has 0 spiro atoms. The summed E-state index contributed by atoms with van der Waals surface area (Å²) in [4.78, 5) is 10.7. The van der Waals surface area contributed by atoms with E-state index in [1.54, 1.807) is 11.3 Å². The molecule has 0 unspecified atom stereocenters. The summed E-state index contributed by atoms with van der Waals surface area (Å²) in [6.45, 7) is 0.657. The molecule has 2 heterocycles. The largest absolute Gasteiger partial charge is 0.334 e. The second-order valence-corrected chi connectivity index (χ2v) is 2.86. The summed E-state index contributed by atoms with van der Waals surface area (Å²) in [6.07, 6.45) is 0. The molecule has 1 aliphatic heterocycles. The van der Waals surface area contributed by atoms with Gasteiger partial charge in [-0.25, -0.2) is 4.79 Å². The van der Waals surface area contributed by atoms with Crippen LogP contribution in [0.25, 0.3) is 0 Å². The van der Waals surface area contributed by atoms with E-state index in [0.717, 1.165) is 5.69 Å². The Labute approximate surface area is 62.1 Å². The van der Waals surface area contributed by atoms with Crippen molar-refractivity contribution in [3.05, 3.63) is 16.3 Å². The average molecular weight is 154 g/mol. The number of amides is 2. The fourth-order valence-corrected chi connectivity index (χ4v) is 1.70. The van der Waals surface area contributed by atoms with Gasteiger partial charge in [-0.1, -0.05) is 0 Å². The van der Waals surface area contributed by atoms with E-state index in [-0.39, 0.29) is 6.03 Å². The number of fused-ring (bicyclic) bond motifs is 1. The molecule has 2 rings (SSSR count). The number of carbonyl (C=O) groups excluding carboxylic acids is 1. The Morgan fingerprint density at radius 3 is 3.30 bits per heavy atom. The zero-order chi connectivity index (χ0) is 6.97. The van der Waals surface area contributed by atoms with Gasteiger partial charge in [-0.15, -0.1) is 11.3 Å². The molecular formula is C6H6N2OS. The van der Waals surface area contributed by atoms with E-state index in [0.29, 0.717) is 6.54 Å². The van der Waals surface area contributed by atoms with Gasteiger partial charge in [0.1, 0.15) is 0 Å². The van der Waals surface area contributed by atoms with Gasteiger partial charge in [-0.05, 0) is 5.38 Å². The number of carbonyl (C=O) groups is 1. The van der Waals surface area contributed by atoms with Crippen molar-refractivity contribution in [1.29, 1.82) is 0 Å². The quantitative estimate of drug-likeness (QED) is 0.582. The molecule has 0 saturated carbocycles. The van der Waals surface area contributed by atoms with E-state index in [9.17, 15) is 4.79 Å². The minimum atomic E-state index is -0.106. The lowest BCUT2D eigenvalue weighted by atomic mass is 10.2. The van der Waals surface area contributed by atoms with Gasteiger partial charge in [0.25, 0.3) is 0 Å². The lowest BCUT2D eigenvalue weighted by Gasteiger charge is -2.13. The van der Waals surface area contributed by atoms with Crippen molar-refractivity contribution < 1.29 is 4.79 Å². The molecule has 2 amide bonds. The molecule has 0 radical (unpaired) electrons. The van der Waals surface area contributed by atoms with Crippen LogP contribution in [0.4, 0.5) is 10.5 Å². The van der Waals surface area contributed by atoms with Crippen LogP contribution in [0.3, 0.4) is 0 Å². The van der Waals surface area contributed by atoms with Crippen LogP contribution in [0.1, 0.15) is 5.56 Å². The van der Waals surface area contributed by atoms with Crippen LogP contribution in [0, 0.1) is 0 Å². The van der Waals surface area contributed by atoms with Crippen LogP contribution in [-0.4, -0.2) is 6.03 Å². The molecule has 1 aromatic rings. The number of hydrogen-bond acceptors (Lipinski definition) is 2. The van der Waals surface area contributed by atoms with Gasteiger partial charge in [0, 0.05) is 17.5 Å². The highest BCUT2D eigenvalue weighted by Gasteiger charge is 2.12. The Morgan fingerprint density at radius 1 is 1.50 bits per heavy atom. The van der Waals surface area contributed by atoms with Crippen LogP contribution in [0.5, 0.6) is 0 Å². The summed E-state index contributed by atoms with van der Waals surface area (Å²) in [7, 11) is 0. The summed E-state index contributed by atoms with van der Waals surface area (Å²) in [5, 5.41) is 9.35. The third kappa shape index (κ3) is 0.769. The van der Waals surface area contributed by atoms with Gasteiger partial charge in [0.15, 0.2) is 0 Å². The highest BCUT2D eigenvalue weighted by Crippen LogP contribution is 2.22. The zero-order valence-corrected chi connectivity index (χ0v) is 5.99. The number of hydrogen-bond donors (Lipinski definition) is 2. The van der Waals surface area contributed by atoms with Crippen molar-refractivity contribution in [2.75, 3.05) is 5.32 Å². The van der Waals surface area contributed by atoms with Crippen LogP contribution in [-0.2, 0) is 6.54 Å². The van der Waals surface area contributed by atoms with Gasteiger partial charge < -0.3 is 10.6 Å². The van der Waals surface area contributed by atoms with E-state index in [4.69, 9.17) is 0 Å². The highest BCUT2D eigenvalue weighted by molar-refractivity contribution is 7.08. The van der Waals surface area contributed by atoms with Crippen molar-refractivity contribution in [2.24, 2.45) is 0 Å². The first-order chi connectivity index (χ1) is 4.86. The average Bonchev–Trinajstić information content (AvgIpc) is 2.33. The molecule has 0 bridgehead atoms. The van der Waals surface area contributed by atoms with Gasteiger partial charge in [-0.3, -0.25) is 0 Å². The standard InChI is InChI=1S/C6H6N2OS/c9-6-7-1-4-2-10-3-5(4)8-6/h2-3H,1H2,(H2,7,8,9). The third-order valence-electron chi connectivity index (χ3n) is 1.43. The lowest BCUT2D eigenvalue weighted by Crippen LogP contribution is -2.32. The van der Waals surface area contributed by atoms with Gasteiger partial charge >= 0.3 is 6.03 Å². The minimum Gasteiger partial charge on any atom is -0.334 e. The molecule has 0 fully saturated rings. The molecule has 0 aliphatic carbocycles. The Kier molecular flexibility index (Phi) is 1.14. The van der Waals surface area contributed by atoms with E-state index in [1.807, 2.05) is 10.8 Å². The van der Waals surface area contributed by atoms with Gasteiger partial charge in [-0.2, -0.15) is 0 Å². The summed E-state index contributed by atoms with van der Waals surface area (Å²) in [5.41, 5.74) is 2.12. The van der Waals surface area contributed by atoms with Gasteiger partial charge in [0.2, 0.25) is 0 Å². The molecule has 1 aliphatic rings. The molecule has 2 N–H and O–H groups in total. The lowest BCUT2D eigenvalue weighted by molar-refractivity contribution is 0.251. The molecule has 0 atom stereocenters. The SMILES string of the molecule is O=C1NCc2cscc2N1. The molecule has 0 saturated heterocycles. The summed E-state index contributed by atoms with van der Waals surface area (Å²) < 4.78 is 0. The summed E-state index contributed by atoms with van der Waals surface area (Å²) in [5.74, 6) is 0. The van der Waals surface area contributed by atoms with Crippen molar-refractivity contribution in [1.82, 2.24) is 5.32 Å². The maximum absolute atomic E-state index is 10.7. The van der Waals surface area contributed by atoms with Crippen LogP contribution < -0.4 is 10.6 Å². The predicted octanol–water partition coefficient (Wildman–Crippen LogP) is 1.38. The van der Waals surface area contributed by atoms with Crippen molar-refractivity contribution >= 4 is 23.1 Å². The first kappa shape index (κ1) is 5.73. The van der Waals surface area contributed by atoms with Crippen LogP contribution in [0.15, 0.2) is 10.8 Å². The molecule has 1 aromatic heterocycles. The van der Waals surface area contributed by atoms with Crippen molar-refractivity contribution in [3.8, 4) is 0 Å². The van der Waals surface area contributed by atoms with Crippen molar-refractivity contribution in [2.45, 2.75) is 6.54 Å². The second-order valence-electron chi connectivity index (χ2n) is 2.12. The fourth-order valence-electron chi connectivity index (χ4n) is 0.912. The predicted molar refractivity (Wildman–Crippen MR) is 40.2 cm³/mol. The maximum atomic E-state index is 10.7. The zero-order valence-electron chi connectivity index (χ0n) is 5.18. The Balaban J connectivity index is 2.39. The summed E-state index contributed by atoms with van der Waals surface area (Å²) >= 11 is 1.60. The van der Waals surface area contributed by atoms with E-state index < -0.39 is 0 Å². The molecule has 10 heavy (non-hydrogen) atoms. The second kappa shape index (κ2) is 1.98. The molecule has 3 nitrogen and oxygen atoms in total. The maximum Gasteiger partial charge on any atom is 0.319 e. The Hall–Kier alpha value is -1.03. The molecule has 0 aromatic carbocycles. The minimum absolute atomic E-state index is 0.106. The first-order valence-corrected chi connectivity index (χ1v) is 3.90. The normalized spacial score (nSPS) is 15.4. The molecule has 52 valence electrons. The fraction of sp³-hybridized carbons (Fsp3) is 0.167. The number of urea groups is 1. The van der Waals surface area contributed by atoms with E-state index in [1.165, 1.54) is 5.56 Å². The van der Waals surface area contributed by atoms with Crippen LogP contribution >= 0.6 is 11.3 Å². The number of thiophene rings is 1. The number of anilines is 1. The van der Waals surface area contributed by atoms with E-state index in [2.05, 4.69) is 10.6 Å². The smallest absolute Gasteiger partial charge is 0.319 e. The first-order valence-electron chi connectivity index (χ1n) is 2.96. The monoisotopic (exact) mass is 154 g/mol. The Morgan fingerprint density at radius 2 is 2.40 bits per heavy atom. The molecular weight excluding hydrogens is 148 g/mol. The Bertz CT molecular complexity index is 268. The third-order valence-corrected chi connectivity index (χ3v) is 2.22. The topological polar surface area (TPSA) is 41.1 Å². The molecule has 4 heteroatoms. The highest BCUT2D eigenvalue weighted by atomic mass is 32.1. The van der Waals surface area contributed by atoms with Crippen molar-refractivity contribution in [3.63, 3.8) is 0 Å². The number of rotatable bonds is 0. The summed E-state index contributed by atoms with van der Waals surface area (Å²) in [6, 6.07) is -0.106. The van der Waals surface area contributed by atoms with Gasteiger partial charge in [0.05, 0.1) is 5.69 Å². The number of nitrogens with one attached hydrogen (secondary N) is 2.